The number of hydrogen-bond acceptors (Lipinski definition) is 1. The van der Waals surface area contributed by atoms with Crippen LogP contribution in [0.1, 0.15) is 25.0 Å². The van der Waals surface area contributed by atoms with Crippen molar-refractivity contribution in [2.45, 2.75) is 25.6 Å². The molecule has 0 spiro atoms. The summed E-state index contributed by atoms with van der Waals surface area (Å²) in [5, 5.41) is 0. The zero-order chi connectivity index (χ0) is 9.97. The largest absolute Gasteiger partial charge is 0.370 e. The summed E-state index contributed by atoms with van der Waals surface area (Å²) in [7, 11) is 0. The molecule has 14 heavy (non-hydrogen) atoms. The molecular formula is C13H16O. The highest BCUT2D eigenvalue weighted by atomic mass is 16.5. The fraction of sp³-hybridized carbons (Fsp3) is 0.385. The van der Waals surface area contributed by atoms with Crippen LogP contribution in [-0.4, -0.2) is 6.10 Å². The normalized spacial score (nSPS) is 31.6. The van der Waals surface area contributed by atoms with Gasteiger partial charge in [-0.25, -0.2) is 0 Å². The fourth-order valence-electron chi connectivity index (χ4n) is 2.10. The van der Waals surface area contributed by atoms with E-state index in [-0.39, 0.29) is 6.10 Å². The highest BCUT2D eigenvalue weighted by molar-refractivity contribution is 5.20. The summed E-state index contributed by atoms with van der Waals surface area (Å²) >= 11 is 0. The lowest BCUT2D eigenvalue weighted by Gasteiger charge is -2.15. The van der Waals surface area contributed by atoms with Gasteiger partial charge in [-0.1, -0.05) is 36.4 Å². The first kappa shape index (κ1) is 9.47. The average molecular weight is 188 g/mol. The van der Waals surface area contributed by atoms with Crippen LogP contribution in [0.2, 0.25) is 0 Å². The molecular weight excluding hydrogens is 172 g/mol. The maximum Gasteiger partial charge on any atom is 0.0891 e. The molecule has 2 rings (SSSR count). The van der Waals surface area contributed by atoms with Crippen LogP contribution in [0, 0.1) is 5.92 Å². The molecule has 1 aromatic carbocycles. The van der Waals surface area contributed by atoms with Crippen molar-refractivity contribution in [2.24, 2.45) is 5.92 Å². The molecule has 1 heterocycles. The van der Waals surface area contributed by atoms with E-state index < -0.39 is 0 Å². The molecule has 0 radical (unpaired) electrons. The second-order valence-corrected chi connectivity index (χ2v) is 3.91. The Hall–Kier alpha value is -1.08. The molecule has 1 heteroatoms. The van der Waals surface area contributed by atoms with Gasteiger partial charge < -0.3 is 4.74 Å². The number of benzene rings is 1. The molecule has 1 saturated heterocycles. The van der Waals surface area contributed by atoms with E-state index in [1.165, 1.54) is 5.56 Å². The van der Waals surface area contributed by atoms with E-state index in [4.69, 9.17) is 4.74 Å². The van der Waals surface area contributed by atoms with Gasteiger partial charge in [0.15, 0.2) is 0 Å². The van der Waals surface area contributed by atoms with Gasteiger partial charge in [0.25, 0.3) is 0 Å². The minimum absolute atomic E-state index is 0.212. The predicted octanol–water partition coefficient (Wildman–Crippen LogP) is 3.34. The van der Waals surface area contributed by atoms with Crippen molar-refractivity contribution >= 4 is 0 Å². The Balaban J connectivity index is 2.22. The average Bonchev–Trinajstić information content (AvgIpc) is 2.61. The van der Waals surface area contributed by atoms with Gasteiger partial charge in [-0.2, -0.15) is 0 Å². The fourth-order valence-corrected chi connectivity index (χ4v) is 2.10. The summed E-state index contributed by atoms with van der Waals surface area (Å²) in [4.78, 5) is 0. The van der Waals surface area contributed by atoms with Crippen LogP contribution in [0.4, 0.5) is 0 Å². The minimum atomic E-state index is 0.212. The molecule has 1 unspecified atom stereocenters. The lowest BCUT2D eigenvalue weighted by molar-refractivity contribution is 0.0482. The van der Waals surface area contributed by atoms with Crippen molar-refractivity contribution < 1.29 is 4.74 Å². The first-order valence-corrected chi connectivity index (χ1v) is 5.14. The third kappa shape index (κ3) is 1.73. The molecule has 0 bridgehead atoms. The van der Waals surface area contributed by atoms with Gasteiger partial charge in [0.1, 0.15) is 0 Å². The molecule has 1 aromatic rings. The van der Waals surface area contributed by atoms with Gasteiger partial charge in [-0.05, 0) is 18.9 Å². The summed E-state index contributed by atoms with van der Waals surface area (Å²) in [6.07, 6.45) is 3.66. The van der Waals surface area contributed by atoms with E-state index >= 15 is 0 Å². The smallest absolute Gasteiger partial charge is 0.0891 e. The molecule has 0 aromatic heterocycles. The number of hydrogen-bond donors (Lipinski definition) is 0. The van der Waals surface area contributed by atoms with Crippen molar-refractivity contribution in [3.05, 3.63) is 48.6 Å². The topological polar surface area (TPSA) is 9.23 Å². The van der Waals surface area contributed by atoms with Gasteiger partial charge in [0.2, 0.25) is 0 Å². The molecule has 0 amide bonds. The molecule has 1 nitrogen and oxygen atoms in total. The highest BCUT2D eigenvalue weighted by Gasteiger charge is 2.31. The van der Waals surface area contributed by atoms with Gasteiger partial charge in [-0.15, -0.1) is 6.58 Å². The third-order valence-electron chi connectivity index (χ3n) is 2.80. The van der Waals surface area contributed by atoms with Crippen molar-refractivity contribution in [1.29, 1.82) is 0 Å². The standard InChI is InChI=1S/C13H16O/c1-3-11-9-10(2)14-13(11)12-7-5-4-6-8-12/h3-8,10-11,13H,1,9H2,2H3/t10-,11?,13-/m0/s1. The van der Waals surface area contributed by atoms with Crippen molar-refractivity contribution in [2.75, 3.05) is 0 Å². The Morgan fingerprint density at radius 1 is 1.36 bits per heavy atom. The van der Waals surface area contributed by atoms with Gasteiger partial charge >= 0.3 is 0 Å². The van der Waals surface area contributed by atoms with Gasteiger partial charge in [0.05, 0.1) is 12.2 Å². The second-order valence-electron chi connectivity index (χ2n) is 3.91. The van der Waals surface area contributed by atoms with Crippen LogP contribution in [0.25, 0.3) is 0 Å². The minimum Gasteiger partial charge on any atom is -0.370 e. The Morgan fingerprint density at radius 3 is 2.71 bits per heavy atom. The van der Waals surface area contributed by atoms with E-state index in [0.29, 0.717) is 12.0 Å². The highest BCUT2D eigenvalue weighted by Crippen LogP contribution is 2.38. The molecule has 1 aliphatic heterocycles. The summed E-state index contributed by atoms with van der Waals surface area (Å²) in [5.41, 5.74) is 1.27. The van der Waals surface area contributed by atoms with Crippen LogP contribution in [0.3, 0.4) is 0 Å². The zero-order valence-corrected chi connectivity index (χ0v) is 8.52. The molecule has 0 aliphatic carbocycles. The number of ether oxygens (including phenoxy) is 1. The van der Waals surface area contributed by atoms with Gasteiger partial charge in [-0.3, -0.25) is 0 Å². The molecule has 3 atom stereocenters. The van der Waals surface area contributed by atoms with E-state index in [2.05, 4.69) is 37.8 Å². The lowest BCUT2D eigenvalue weighted by Crippen LogP contribution is -2.04. The van der Waals surface area contributed by atoms with Gasteiger partial charge in [0, 0.05) is 5.92 Å². The quantitative estimate of drug-likeness (QED) is 0.647. The van der Waals surface area contributed by atoms with Crippen molar-refractivity contribution in [3.63, 3.8) is 0 Å². The molecule has 1 fully saturated rings. The van der Waals surface area contributed by atoms with Crippen LogP contribution in [0.5, 0.6) is 0 Å². The first-order chi connectivity index (χ1) is 6.81. The van der Waals surface area contributed by atoms with Crippen LogP contribution in [0.15, 0.2) is 43.0 Å². The maximum absolute atomic E-state index is 5.88. The summed E-state index contributed by atoms with van der Waals surface area (Å²) < 4.78 is 5.88. The monoisotopic (exact) mass is 188 g/mol. The summed E-state index contributed by atoms with van der Waals surface area (Å²) in [6.45, 7) is 6.00. The van der Waals surface area contributed by atoms with Crippen LogP contribution in [-0.2, 0) is 4.74 Å². The van der Waals surface area contributed by atoms with E-state index in [0.717, 1.165) is 6.42 Å². The third-order valence-corrected chi connectivity index (χ3v) is 2.80. The Kier molecular flexibility index (Phi) is 2.69. The molecule has 0 saturated carbocycles. The number of rotatable bonds is 2. The zero-order valence-electron chi connectivity index (χ0n) is 8.52. The predicted molar refractivity (Wildman–Crippen MR) is 58.0 cm³/mol. The van der Waals surface area contributed by atoms with Crippen LogP contribution < -0.4 is 0 Å². The van der Waals surface area contributed by atoms with E-state index in [1.807, 2.05) is 12.1 Å². The Bertz CT molecular complexity index is 304. The SMILES string of the molecule is C=CC1C[C@H](C)O[C@@H]1c1ccccc1. The maximum atomic E-state index is 5.88. The van der Waals surface area contributed by atoms with Crippen molar-refractivity contribution in [1.82, 2.24) is 0 Å². The van der Waals surface area contributed by atoms with Crippen LogP contribution >= 0.6 is 0 Å². The lowest BCUT2D eigenvalue weighted by atomic mass is 9.94. The Labute approximate surface area is 85.4 Å². The molecule has 1 aliphatic rings. The van der Waals surface area contributed by atoms with Crippen molar-refractivity contribution in [3.8, 4) is 0 Å². The first-order valence-electron chi connectivity index (χ1n) is 5.14. The van der Waals surface area contributed by atoms with E-state index in [9.17, 15) is 0 Å². The molecule has 0 N–H and O–H groups in total. The molecule has 74 valence electrons. The second kappa shape index (κ2) is 3.97. The summed E-state index contributed by atoms with van der Waals surface area (Å²) in [6, 6.07) is 10.4. The summed E-state index contributed by atoms with van der Waals surface area (Å²) in [5.74, 6) is 0.465. The van der Waals surface area contributed by atoms with E-state index in [1.54, 1.807) is 0 Å². The Morgan fingerprint density at radius 2 is 2.07 bits per heavy atom.